The highest BCUT2D eigenvalue weighted by atomic mass is 35.5. The van der Waals surface area contributed by atoms with Gasteiger partial charge < -0.3 is 10.6 Å². The molecule has 0 aliphatic carbocycles. The van der Waals surface area contributed by atoms with Crippen LogP contribution in [0.1, 0.15) is 36.7 Å². The first kappa shape index (κ1) is 30.1. The number of rotatable bonds is 8. The lowest BCUT2D eigenvalue weighted by Crippen LogP contribution is -2.38. The number of nitrogens with zero attached hydrogens (tertiary/aromatic N) is 1. The molecule has 0 aliphatic heterocycles. The Labute approximate surface area is 250 Å². The van der Waals surface area contributed by atoms with Crippen molar-refractivity contribution in [2.24, 2.45) is 0 Å². The molecule has 0 unspecified atom stereocenters. The van der Waals surface area contributed by atoms with Gasteiger partial charge in [-0.05, 0) is 71.6 Å². The Hall–Kier alpha value is -3.85. The molecule has 0 saturated heterocycles. The molecule has 41 heavy (non-hydrogen) atoms. The SMILES string of the molecule is CC(C)(C)c1ccc(C(=O)Nc2cccc(NC(=O)CN(c3ccc(Cl)c(Cl)c3)S(=O)(=O)c3ccccc3)c2)cc1. The van der Waals surface area contributed by atoms with E-state index in [2.05, 4.69) is 31.4 Å². The van der Waals surface area contributed by atoms with Crippen LogP contribution >= 0.6 is 23.2 Å². The monoisotopic (exact) mass is 609 g/mol. The van der Waals surface area contributed by atoms with Crippen LogP contribution < -0.4 is 14.9 Å². The van der Waals surface area contributed by atoms with E-state index in [1.54, 1.807) is 54.6 Å². The topological polar surface area (TPSA) is 95.6 Å². The summed E-state index contributed by atoms with van der Waals surface area (Å²) in [5.41, 5.74) is 2.60. The molecule has 0 fully saturated rings. The first-order chi connectivity index (χ1) is 19.3. The zero-order chi connectivity index (χ0) is 29.8. The van der Waals surface area contributed by atoms with E-state index >= 15 is 0 Å². The average Bonchev–Trinajstić information content (AvgIpc) is 2.93. The number of carbonyl (C=O) groups is 2. The molecule has 4 aromatic carbocycles. The van der Waals surface area contributed by atoms with Gasteiger partial charge in [-0.1, -0.05) is 80.4 Å². The summed E-state index contributed by atoms with van der Waals surface area (Å²) in [5.74, 6) is -0.898. The van der Waals surface area contributed by atoms with Crippen LogP contribution in [0.15, 0.2) is 102 Å². The quantitative estimate of drug-likeness (QED) is 0.218. The van der Waals surface area contributed by atoms with Gasteiger partial charge >= 0.3 is 0 Å². The van der Waals surface area contributed by atoms with Gasteiger partial charge in [0.25, 0.3) is 15.9 Å². The van der Waals surface area contributed by atoms with Crippen LogP contribution in [-0.2, 0) is 20.2 Å². The number of hydrogen-bond acceptors (Lipinski definition) is 4. The minimum Gasteiger partial charge on any atom is -0.324 e. The van der Waals surface area contributed by atoms with Gasteiger partial charge in [0, 0.05) is 16.9 Å². The minimum absolute atomic E-state index is 0.0131. The molecule has 212 valence electrons. The van der Waals surface area contributed by atoms with Crippen molar-refractivity contribution in [3.05, 3.63) is 118 Å². The highest BCUT2D eigenvalue weighted by molar-refractivity contribution is 7.92. The fraction of sp³-hybridized carbons (Fsp3) is 0.161. The van der Waals surface area contributed by atoms with Crippen molar-refractivity contribution in [1.29, 1.82) is 0 Å². The van der Waals surface area contributed by atoms with Crippen molar-refractivity contribution in [3.8, 4) is 0 Å². The number of sulfonamides is 1. The normalized spacial score (nSPS) is 11.5. The van der Waals surface area contributed by atoms with E-state index in [9.17, 15) is 18.0 Å². The molecular formula is C31H29Cl2N3O4S. The molecule has 0 aromatic heterocycles. The fourth-order valence-electron chi connectivity index (χ4n) is 4.01. The van der Waals surface area contributed by atoms with Gasteiger partial charge in [0.15, 0.2) is 0 Å². The predicted molar refractivity (Wildman–Crippen MR) is 166 cm³/mol. The highest BCUT2D eigenvalue weighted by Gasteiger charge is 2.27. The van der Waals surface area contributed by atoms with Crippen LogP contribution in [0, 0.1) is 0 Å². The summed E-state index contributed by atoms with van der Waals surface area (Å²) < 4.78 is 28.0. The van der Waals surface area contributed by atoms with Crippen molar-refractivity contribution in [2.45, 2.75) is 31.1 Å². The molecule has 0 atom stereocenters. The van der Waals surface area contributed by atoms with Crippen molar-refractivity contribution in [2.75, 3.05) is 21.5 Å². The predicted octanol–water partition coefficient (Wildman–Crippen LogP) is 7.38. The summed E-state index contributed by atoms with van der Waals surface area (Å²) in [4.78, 5) is 26.0. The third kappa shape index (κ3) is 7.47. The molecule has 0 aliphatic rings. The minimum atomic E-state index is -4.12. The first-order valence-corrected chi connectivity index (χ1v) is 14.9. The molecular weight excluding hydrogens is 581 g/mol. The third-order valence-corrected chi connectivity index (χ3v) is 8.75. The van der Waals surface area contributed by atoms with Crippen LogP contribution in [0.5, 0.6) is 0 Å². The Balaban J connectivity index is 1.52. The fourth-order valence-corrected chi connectivity index (χ4v) is 5.73. The highest BCUT2D eigenvalue weighted by Crippen LogP contribution is 2.31. The Morgan fingerprint density at radius 2 is 1.39 bits per heavy atom. The number of benzene rings is 4. The van der Waals surface area contributed by atoms with Gasteiger partial charge in [0.1, 0.15) is 6.54 Å². The number of anilines is 3. The Kier molecular flexibility index (Phi) is 9.07. The molecule has 7 nitrogen and oxygen atoms in total. The molecule has 0 bridgehead atoms. The lowest BCUT2D eigenvalue weighted by atomic mass is 9.87. The maximum absolute atomic E-state index is 13.5. The van der Waals surface area contributed by atoms with Gasteiger partial charge in [0.2, 0.25) is 5.91 Å². The average molecular weight is 611 g/mol. The Morgan fingerprint density at radius 3 is 2.00 bits per heavy atom. The van der Waals surface area contributed by atoms with Gasteiger partial charge in [-0.2, -0.15) is 0 Å². The van der Waals surface area contributed by atoms with E-state index in [4.69, 9.17) is 23.2 Å². The van der Waals surface area contributed by atoms with Crippen LogP contribution in [0.2, 0.25) is 10.0 Å². The second-order valence-electron chi connectivity index (χ2n) is 10.3. The Morgan fingerprint density at radius 1 is 0.756 bits per heavy atom. The number of hydrogen-bond donors (Lipinski definition) is 2. The van der Waals surface area contributed by atoms with Gasteiger partial charge in [0.05, 0.1) is 20.6 Å². The number of amides is 2. The Bertz CT molecular complexity index is 1670. The van der Waals surface area contributed by atoms with Crippen LogP contribution in [0.25, 0.3) is 0 Å². The van der Waals surface area contributed by atoms with Gasteiger partial charge in [-0.25, -0.2) is 8.42 Å². The number of carbonyl (C=O) groups excluding carboxylic acids is 2. The van der Waals surface area contributed by atoms with Crippen LogP contribution in [0.3, 0.4) is 0 Å². The van der Waals surface area contributed by atoms with E-state index in [1.807, 2.05) is 12.1 Å². The molecule has 0 heterocycles. The lowest BCUT2D eigenvalue weighted by Gasteiger charge is -2.24. The van der Waals surface area contributed by atoms with Crippen molar-refractivity contribution >= 4 is 62.1 Å². The zero-order valence-electron chi connectivity index (χ0n) is 22.7. The van der Waals surface area contributed by atoms with E-state index in [0.717, 1.165) is 9.87 Å². The van der Waals surface area contributed by atoms with Gasteiger partial charge in [-0.15, -0.1) is 0 Å². The molecule has 10 heteroatoms. The van der Waals surface area contributed by atoms with Crippen molar-refractivity contribution < 1.29 is 18.0 Å². The summed E-state index contributed by atoms with van der Waals surface area (Å²) in [5, 5.41) is 5.94. The summed E-state index contributed by atoms with van der Waals surface area (Å²) >= 11 is 12.2. The van der Waals surface area contributed by atoms with Crippen molar-refractivity contribution in [3.63, 3.8) is 0 Å². The van der Waals surface area contributed by atoms with Crippen molar-refractivity contribution in [1.82, 2.24) is 0 Å². The van der Waals surface area contributed by atoms with E-state index in [1.165, 1.54) is 30.3 Å². The third-order valence-electron chi connectivity index (χ3n) is 6.23. The largest absolute Gasteiger partial charge is 0.324 e. The maximum atomic E-state index is 13.5. The second kappa shape index (κ2) is 12.3. The smallest absolute Gasteiger partial charge is 0.264 e. The standard InChI is InChI=1S/C31H29Cl2N3O4S/c1-31(2,3)22-14-12-21(13-15-22)30(38)35-24-9-7-8-23(18-24)34-29(37)20-36(25-16-17-27(32)28(33)19-25)41(39,40)26-10-5-4-6-11-26/h4-19H,20H2,1-3H3,(H,34,37)(H,35,38). The molecule has 0 radical (unpaired) electrons. The number of nitrogens with one attached hydrogen (secondary N) is 2. The van der Waals surface area contributed by atoms with E-state index < -0.39 is 22.5 Å². The summed E-state index contributed by atoms with van der Waals surface area (Å²) in [6, 6.07) is 26.1. The molecule has 4 rings (SSSR count). The lowest BCUT2D eigenvalue weighted by molar-refractivity contribution is -0.114. The van der Waals surface area contributed by atoms with E-state index in [-0.39, 0.29) is 32.0 Å². The second-order valence-corrected chi connectivity index (χ2v) is 13.0. The molecule has 0 spiro atoms. The zero-order valence-corrected chi connectivity index (χ0v) is 25.0. The summed E-state index contributed by atoms with van der Waals surface area (Å²) in [7, 11) is -4.12. The van der Waals surface area contributed by atoms with Crippen LogP contribution in [0.4, 0.5) is 17.1 Å². The first-order valence-electron chi connectivity index (χ1n) is 12.7. The molecule has 2 N–H and O–H groups in total. The summed E-state index contributed by atoms with van der Waals surface area (Å²) in [6.45, 7) is 5.76. The molecule has 2 amide bonds. The summed E-state index contributed by atoms with van der Waals surface area (Å²) in [6.07, 6.45) is 0. The molecule has 4 aromatic rings. The maximum Gasteiger partial charge on any atom is 0.264 e. The number of halogens is 2. The van der Waals surface area contributed by atoms with Crippen LogP contribution in [-0.4, -0.2) is 26.8 Å². The van der Waals surface area contributed by atoms with Gasteiger partial charge in [-0.3, -0.25) is 13.9 Å². The van der Waals surface area contributed by atoms with E-state index in [0.29, 0.717) is 16.9 Å². The molecule has 0 saturated carbocycles.